The van der Waals surface area contributed by atoms with E-state index < -0.39 is 10.8 Å². The fourth-order valence-corrected chi connectivity index (χ4v) is 4.81. The van der Waals surface area contributed by atoms with Crippen LogP contribution in [0.2, 0.25) is 5.02 Å². The molecule has 0 saturated carbocycles. The molecule has 1 heterocycles. The predicted octanol–water partition coefficient (Wildman–Crippen LogP) is 5.66. The van der Waals surface area contributed by atoms with Crippen molar-refractivity contribution in [3.05, 3.63) is 88.8 Å². The summed E-state index contributed by atoms with van der Waals surface area (Å²) in [7, 11) is -1.29. The van der Waals surface area contributed by atoms with Crippen LogP contribution in [0.15, 0.2) is 76.0 Å². The number of rotatable bonds is 13. The summed E-state index contributed by atoms with van der Waals surface area (Å²) >= 11 is 5.97. The van der Waals surface area contributed by atoms with Crippen molar-refractivity contribution in [3.8, 4) is 0 Å². The molecule has 3 rings (SSSR count). The second kappa shape index (κ2) is 13.3. The number of nitrogens with one attached hydrogen (secondary N) is 1. The summed E-state index contributed by atoms with van der Waals surface area (Å²) < 4.78 is 18.1. The fraction of sp³-hybridized carbons (Fsp3) is 0.346. The van der Waals surface area contributed by atoms with Crippen LogP contribution in [0.4, 0.5) is 0 Å². The Morgan fingerprint density at radius 3 is 2.58 bits per heavy atom. The lowest BCUT2D eigenvalue weighted by atomic mass is 10.2. The maximum atomic E-state index is 12.5. The normalized spacial score (nSPS) is 12.1. The maximum Gasteiger partial charge on any atom is 0.286 e. The third kappa shape index (κ3) is 8.46. The summed E-state index contributed by atoms with van der Waals surface area (Å²) in [6, 6.07) is 20.7. The van der Waals surface area contributed by atoms with Crippen molar-refractivity contribution in [1.82, 2.24) is 10.2 Å². The van der Waals surface area contributed by atoms with E-state index in [1.165, 1.54) is 5.56 Å². The van der Waals surface area contributed by atoms with E-state index in [-0.39, 0.29) is 17.4 Å². The summed E-state index contributed by atoms with van der Waals surface area (Å²) in [4.78, 5) is 15.5. The highest BCUT2D eigenvalue weighted by Crippen LogP contribution is 2.18. The van der Waals surface area contributed by atoms with Crippen LogP contribution in [0.3, 0.4) is 0 Å². The van der Waals surface area contributed by atoms with Gasteiger partial charge in [0.05, 0.1) is 16.6 Å². The minimum Gasteiger partial charge on any atom is -0.455 e. The molecule has 33 heavy (non-hydrogen) atoms. The smallest absolute Gasteiger partial charge is 0.286 e. The number of furan rings is 1. The molecule has 0 aliphatic rings. The average molecular weight is 487 g/mol. The largest absolute Gasteiger partial charge is 0.455 e. The van der Waals surface area contributed by atoms with Gasteiger partial charge in [-0.1, -0.05) is 61.3 Å². The van der Waals surface area contributed by atoms with E-state index in [9.17, 15) is 9.00 Å². The van der Waals surface area contributed by atoms with E-state index >= 15 is 0 Å². The Hall–Kier alpha value is -2.41. The van der Waals surface area contributed by atoms with Crippen molar-refractivity contribution in [3.63, 3.8) is 0 Å². The van der Waals surface area contributed by atoms with Gasteiger partial charge < -0.3 is 9.73 Å². The van der Waals surface area contributed by atoms with Crippen LogP contribution in [0.1, 0.15) is 48.1 Å². The van der Waals surface area contributed by atoms with Gasteiger partial charge in [-0.25, -0.2) is 0 Å². The number of hydrogen-bond acceptors (Lipinski definition) is 4. The second-order valence-electron chi connectivity index (χ2n) is 7.94. The Kier molecular flexibility index (Phi) is 10.2. The van der Waals surface area contributed by atoms with Gasteiger partial charge in [-0.15, -0.1) is 0 Å². The molecule has 7 heteroatoms. The quantitative estimate of drug-likeness (QED) is 0.316. The van der Waals surface area contributed by atoms with Gasteiger partial charge >= 0.3 is 0 Å². The van der Waals surface area contributed by atoms with Gasteiger partial charge in [0.15, 0.2) is 5.76 Å². The van der Waals surface area contributed by atoms with E-state index in [0.717, 1.165) is 38.9 Å². The van der Waals surface area contributed by atoms with Crippen LogP contribution >= 0.6 is 11.6 Å². The van der Waals surface area contributed by atoms with Gasteiger partial charge in [0.25, 0.3) is 5.91 Å². The molecule has 0 aliphatic heterocycles. The molecular weight excluding hydrogens is 456 g/mol. The minimum atomic E-state index is -1.29. The van der Waals surface area contributed by atoms with Crippen LogP contribution in [-0.4, -0.2) is 34.7 Å². The SMILES string of the molecule is CCCCN(CCCNC(=O)c1ccc(C[S@@](=O)c2cccc(Cl)c2)o1)Cc1ccccc1. The topological polar surface area (TPSA) is 62.6 Å². The number of unbranched alkanes of at least 4 members (excludes halogenated alkanes) is 1. The number of carbonyl (C=O) groups is 1. The number of hydrogen-bond donors (Lipinski definition) is 1. The lowest BCUT2D eigenvalue weighted by Crippen LogP contribution is -2.30. The molecule has 2 aromatic carbocycles. The predicted molar refractivity (Wildman–Crippen MR) is 134 cm³/mol. The summed E-state index contributed by atoms with van der Waals surface area (Å²) in [5.41, 5.74) is 1.30. The molecule has 0 bridgehead atoms. The summed E-state index contributed by atoms with van der Waals surface area (Å²) in [6.45, 7) is 5.64. The lowest BCUT2D eigenvalue weighted by Gasteiger charge is -2.22. The molecule has 1 N–H and O–H groups in total. The zero-order chi connectivity index (χ0) is 23.5. The molecule has 0 fully saturated rings. The highest BCUT2D eigenvalue weighted by Gasteiger charge is 2.14. The molecule has 1 amide bonds. The Labute approximate surface area is 203 Å². The van der Waals surface area contributed by atoms with Crippen molar-refractivity contribution in [1.29, 1.82) is 0 Å². The molecule has 1 aromatic heterocycles. The first-order valence-electron chi connectivity index (χ1n) is 11.3. The number of halogens is 1. The number of nitrogens with zero attached hydrogens (tertiary/aromatic N) is 1. The zero-order valence-electron chi connectivity index (χ0n) is 19.0. The van der Waals surface area contributed by atoms with Gasteiger partial charge in [0.2, 0.25) is 0 Å². The Balaban J connectivity index is 1.44. The van der Waals surface area contributed by atoms with Crippen LogP contribution in [0.25, 0.3) is 0 Å². The van der Waals surface area contributed by atoms with E-state index in [0.29, 0.717) is 22.2 Å². The first-order valence-corrected chi connectivity index (χ1v) is 13.0. The molecule has 0 aliphatic carbocycles. The Morgan fingerprint density at radius 2 is 1.82 bits per heavy atom. The van der Waals surface area contributed by atoms with Crippen LogP contribution in [0, 0.1) is 0 Å². The monoisotopic (exact) mass is 486 g/mol. The molecule has 0 spiro atoms. The van der Waals surface area contributed by atoms with E-state index in [4.69, 9.17) is 16.0 Å². The fourth-order valence-electron chi connectivity index (χ4n) is 3.48. The Bertz CT molecular complexity index is 1040. The zero-order valence-corrected chi connectivity index (χ0v) is 20.5. The number of benzene rings is 2. The van der Waals surface area contributed by atoms with Crippen molar-refractivity contribution in [2.45, 2.75) is 43.4 Å². The molecule has 3 aromatic rings. The standard InChI is InChI=1S/C26H31ClN2O3S/c1-2-3-16-29(19-21-9-5-4-6-10-21)17-8-15-28-26(30)25-14-13-23(32-25)20-33(31)24-12-7-11-22(27)18-24/h4-7,9-14,18H,2-3,8,15-17,19-20H2,1H3,(H,28,30)/t33-/m1/s1. The Morgan fingerprint density at radius 1 is 1.03 bits per heavy atom. The molecule has 0 saturated heterocycles. The highest BCUT2D eigenvalue weighted by atomic mass is 35.5. The minimum absolute atomic E-state index is 0.194. The van der Waals surface area contributed by atoms with Gasteiger partial charge in [-0.2, -0.15) is 0 Å². The van der Waals surface area contributed by atoms with Gasteiger partial charge in [-0.05, 0) is 55.3 Å². The van der Waals surface area contributed by atoms with Crippen molar-refractivity contribution in [2.24, 2.45) is 0 Å². The van der Waals surface area contributed by atoms with Crippen molar-refractivity contribution < 1.29 is 13.4 Å². The molecule has 1 atom stereocenters. The lowest BCUT2D eigenvalue weighted by molar-refractivity contribution is 0.0922. The molecule has 0 radical (unpaired) electrons. The van der Waals surface area contributed by atoms with E-state index in [2.05, 4.69) is 41.4 Å². The summed E-state index contributed by atoms with van der Waals surface area (Å²) in [6.07, 6.45) is 3.17. The number of amides is 1. The van der Waals surface area contributed by atoms with Gasteiger partial charge in [0.1, 0.15) is 5.76 Å². The highest BCUT2D eigenvalue weighted by molar-refractivity contribution is 7.84. The number of carbonyl (C=O) groups excluding carboxylic acids is 1. The second-order valence-corrected chi connectivity index (χ2v) is 9.83. The van der Waals surface area contributed by atoms with E-state index in [1.54, 1.807) is 36.4 Å². The summed E-state index contributed by atoms with van der Waals surface area (Å²) in [5.74, 6) is 0.685. The van der Waals surface area contributed by atoms with Crippen LogP contribution < -0.4 is 5.32 Å². The van der Waals surface area contributed by atoms with Crippen molar-refractivity contribution in [2.75, 3.05) is 19.6 Å². The molecular formula is C26H31ClN2O3S. The van der Waals surface area contributed by atoms with Crippen LogP contribution in [-0.2, 0) is 23.1 Å². The van der Waals surface area contributed by atoms with E-state index in [1.807, 2.05) is 6.07 Å². The van der Waals surface area contributed by atoms with Gasteiger partial charge in [-0.3, -0.25) is 13.9 Å². The molecule has 5 nitrogen and oxygen atoms in total. The van der Waals surface area contributed by atoms with Crippen LogP contribution in [0.5, 0.6) is 0 Å². The van der Waals surface area contributed by atoms with Crippen molar-refractivity contribution >= 4 is 28.3 Å². The average Bonchev–Trinajstić information content (AvgIpc) is 3.29. The maximum absolute atomic E-state index is 12.5. The molecule has 0 unspecified atom stereocenters. The third-order valence-electron chi connectivity index (χ3n) is 5.23. The van der Waals surface area contributed by atoms with Gasteiger partial charge in [0, 0.05) is 29.6 Å². The molecule has 176 valence electrons. The first-order chi connectivity index (χ1) is 16.0. The summed E-state index contributed by atoms with van der Waals surface area (Å²) in [5, 5.41) is 3.47. The first kappa shape index (κ1) is 25.2. The third-order valence-corrected chi connectivity index (χ3v) is 6.79.